The molecule has 38 heavy (non-hydrogen) atoms. The maximum absolute atomic E-state index is 11.5. The topological polar surface area (TPSA) is 124 Å². The molecule has 0 saturated carbocycles. The number of benzene rings is 4. The number of carbonyl (C=O) groups is 1. The third-order valence-corrected chi connectivity index (χ3v) is 8.35. The van der Waals surface area contributed by atoms with Gasteiger partial charge < -0.3 is 19.5 Å². The number of hydrogen-bond donors (Lipinski definition) is 2. The lowest BCUT2D eigenvalue weighted by molar-refractivity contribution is 0.0498. The van der Waals surface area contributed by atoms with E-state index in [1.807, 2.05) is 6.92 Å². The highest BCUT2D eigenvalue weighted by Crippen LogP contribution is 2.33. The number of hydrogen-bond acceptors (Lipinski definition) is 7. The van der Waals surface area contributed by atoms with Gasteiger partial charge in [0.05, 0.1) is 23.1 Å². The van der Waals surface area contributed by atoms with Gasteiger partial charge in [0.25, 0.3) is 0 Å². The predicted octanol–water partition coefficient (Wildman–Crippen LogP) is 5.74. The Labute approximate surface area is 225 Å². The quantitative estimate of drug-likeness (QED) is 0.124. The van der Waals surface area contributed by atoms with Crippen LogP contribution in [-0.2, 0) is 25.7 Å². The summed E-state index contributed by atoms with van der Waals surface area (Å²) in [5.74, 6) is -2.80. The molecule has 9 heteroatoms. The average molecular weight is 553 g/mol. The summed E-state index contributed by atoms with van der Waals surface area (Å²) in [4.78, 5) is 14.4. The molecule has 0 aliphatic heterocycles. The minimum absolute atomic E-state index is 0.0146. The summed E-state index contributed by atoms with van der Waals surface area (Å²) in [5, 5.41) is 18.8. The second kappa shape index (κ2) is 13.7. The first-order valence-electron chi connectivity index (χ1n) is 11.8. The molecule has 0 fully saturated rings. The number of esters is 1. The molecule has 7 nitrogen and oxygen atoms in total. The van der Waals surface area contributed by atoms with Crippen molar-refractivity contribution in [2.75, 3.05) is 6.61 Å². The Morgan fingerprint density at radius 3 is 1.53 bits per heavy atom. The van der Waals surface area contributed by atoms with Gasteiger partial charge in [-0.3, -0.25) is 0 Å². The van der Waals surface area contributed by atoms with Crippen LogP contribution in [0.1, 0.15) is 30.1 Å². The van der Waals surface area contributed by atoms with Crippen LogP contribution in [0, 0.1) is 0 Å². The summed E-state index contributed by atoms with van der Waals surface area (Å²) in [6.07, 6.45) is 1.47. The lowest BCUT2D eigenvalue weighted by Crippen LogP contribution is -2.07. The molecule has 0 heterocycles. The maximum atomic E-state index is 11.5. The van der Waals surface area contributed by atoms with E-state index in [0.29, 0.717) is 6.42 Å². The lowest BCUT2D eigenvalue weighted by Gasteiger charge is -2.12. The van der Waals surface area contributed by atoms with E-state index >= 15 is 0 Å². The van der Waals surface area contributed by atoms with E-state index in [1.165, 1.54) is 14.7 Å². The van der Waals surface area contributed by atoms with Crippen LogP contribution in [0.5, 0.6) is 11.5 Å². The van der Waals surface area contributed by atoms with Crippen molar-refractivity contribution in [1.29, 1.82) is 0 Å². The van der Waals surface area contributed by atoms with Crippen LogP contribution >= 0.6 is 0 Å². The predicted molar refractivity (Wildman–Crippen MR) is 144 cm³/mol. The molecule has 0 bridgehead atoms. The van der Waals surface area contributed by atoms with Gasteiger partial charge in [-0.25, -0.2) is 13.2 Å². The summed E-state index contributed by atoms with van der Waals surface area (Å²) < 4.78 is 37.1. The van der Waals surface area contributed by atoms with Gasteiger partial charge in [-0.05, 0) is 55.0 Å². The molecule has 0 aliphatic carbocycles. The number of unbranched alkanes of at least 4 members (excludes halogenated alkanes) is 1. The molecule has 2 N–H and O–H groups in total. The zero-order valence-corrected chi connectivity index (χ0v) is 22.3. The molecule has 0 aromatic heterocycles. The van der Waals surface area contributed by atoms with Gasteiger partial charge in [0.2, 0.25) is 0 Å². The fraction of sp³-hybridized carbons (Fsp3) is 0.138. The summed E-state index contributed by atoms with van der Waals surface area (Å²) in [7, 11) is -5.04. The van der Waals surface area contributed by atoms with Crippen LogP contribution in [0.2, 0.25) is 0 Å². The minimum atomic E-state index is -5.03. The van der Waals surface area contributed by atoms with E-state index < -0.39 is 32.5 Å². The van der Waals surface area contributed by atoms with Crippen molar-refractivity contribution in [3.63, 3.8) is 0 Å². The molecule has 0 saturated heterocycles. The first-order chi connectivity index (χ1) is 18.2. The standard InChI is InChI=1S/C18H15S.C11H14O7S/c1-4-10-16(11-5-1)19(17-12-6-2-7-13-17)18-14-8-3-9-15-18;1-2-3-4-18-11(14)7-5-8(12)10(9(13)6-7)19(15,16)17/h1-15H;5-6,12-13H,2-4H2,1H3,(H,15,16,17)/q+1;/p-1. The SMILES string of the molecule is CCCCOC(=O)c1cc(O)c(S(=O)(=O)[O-])c(O)c1.c1ccc([S+](c2ccccc2)c2ccccc2)cc1. The van der Waals surface area contributed by atoms with E-state index in [9.17, 15) is 28.0 Å². The Bertz CT molecular complexity index is 1310. The van der Waals surface area contributed by atoms with E-state index in [-0.39, 0.29) is 23.1 Å². The molecule has 4 rings (SSSR count). The molecule has 0 atom stereocenters. The monoisotopic (exact) mass is 552 g/mol. The van der Waals surface area contributed by atoms with Gasteiger partial charge in [-0.15, -0.1) is 0 Å². The Hall–Kier alpha value is -3.79. The van der Waals surface area contributed by atoms with Gasteiger partial charge in [0, 0.05) is 0 Å². The number of aromatic hydroxyl groups is 2. The van der Waals surface area contributed by atoms with E-state index in [0.717, 1.165) is 18.6 Å². The molecule has 198 valence electrons. The number of rotatable bonds is 8. The van der Waals surface area contributed by atoms with Crippen molar-refractivity contribution in [3.05, 3.63) is 109 Å². The van der Waals surface area contributed by atoms with Crippen LogP contribution in [-0.4, -0.2) is 35.8 Å². The van der Waals surface area contributed by atoms with Crippen molar-refractivity contribution in [2.45, 2.75) is 39.3 Å². The average Bonchev–Trinajstić information content (AvgIpc) is 2.90. The lowest BCUT2D eigenvalue weighted by atomic mass is 10.2. The highest BCUT2D eigenvalue weighted by Gasteiger charge is 2.27. The molecule has 0 spiro atoms. The third kappa shape index (κ3) is 7.85. The normalized spacial score (nSPS) is 10.9. The summed E-state index contributed by atoms with van der Waals surface area (Å²) in [6, 6.07) is 33.7. The Morgan fingerprint density at radius 1 is 0.789 bits per heavy atom. The molecule has 4 aromatic rings. The summed E-state index contributed by atoms with van der Waals surface area (Å²) in [6.45, 7) is 2.07. The maximum Gasteiger partial charge on any atom is 0.338 e. The third-order valence-electron chi connectivity index (χ3n) is 5.20. The number of phenolic OH excluding ortho intramolecular Hbond substituents is 2. The Balaban J connectivity index is 0.000000211. The van der Waals surface area contributed by atoms with Crippen molar-refractivity contribution < 1.29 is 32.7 Å². The van der Waals surface area contributed by atoms with Gasteiger partial charge in [-0.2, -0.15) is 0 Å². The van der Waals surface area contributed by atoms with Crippen LogP contribution in [0.3, 0.4) is 0 Å². The Kier molecular flexibility index (Phi) is 10.3. The van der Waals surface area contributed by atoms with Crippen molar-refractivity contribution in [2.24, 2.45) is 0 Å². The molecule has 0 amide bonds. The van der Waals surface area contributed by atoms with Crippen LogP contribution < -0.4 is 0 Å². The molecule has 4 aromatic carbocycles. The molecule has 0 unspecified atom stereocenters. The first-order valence-corrected chi connectivity index (χ1v) is 14.4. The molecule has 0 radical (unpaired) electrons. The van der Waals surface area contributed by atoms with Gasteiger partial charge >= 0.3 is 5.97 Å². The zero-order chi connectivity index (χ0) is 27.5. The van der Waals surface area contributed by atoms with Crippen LogP contribution in [0.25, 0.3) is 0 Å². The van der Waals surface area contributed by atoms with Gasteiger partial charge in [0.15, 0.2) is 14.7 Å². The van der Waals surface area contributed by atoms with Crippen molar-refractivity contribution in [1.82, 2.24) is 0 Å². The zero-order valence-electron chi connectivity index (χ0n) is 20.7. The highest BCUT2D eigenvalue weighted by molar-refractivity contribution is 7.97. The summed E-state index contributed by atoms with van der Waals surface area (Å²) >= 11 is 0. The summed E-state index contributed by atoms with van der Waals surface area (Å²) in [5.41, 5.74) is -0.237. The van der Waals surface area contributed by atoms with Gasteiger partial charge in [0.1, 0.15) is 26.5 Å². The fourth-order valence-electron chi connectivity index (χ4n) is 3.44. The van der Waals surface area contributed by atoms with Crippen LogP contribution in [0.15, 0.2) is 123 Å². The fourth-order valence-corrected chi connectivity index (χ4v) is 6.18. The first kappa shape index (κ1) is 28.8. The second-order valence-corrected chi connectivity index (χ2v) is 11.4. The number of ether oxygens (including phenoxy) is 1. The number of phenols is 2. The molecule has 0 aliphatic rings. The Morgan fingerprint density at radius 2 is 1.18 bits per heavy atom. The molecular weight excluding hydrogens is 524 g/mol. The number of carbonyl (C=O) groups excluding carboxylic acids is 1. The van der Waals surface area contributed by atoms with Crippen LogP contribution in [0.4, 0.5) is 0 Å². The smallest absolute Gasteiger partial charge is 0.338 e. The van der Waals surface area contributed by atoms with E-state index in [1.54, 1.807) is 0 Å². The largest absolute Gasteiger partial charge is 0.744 e. The minimum Gasteiger partial charge on any atom is -0.744 e. The second-order valence-electron chi connectivity index (χ2n) is 8.03. The highest BCUT2D eigenvalue weighted by atomic mass is 32.2. The molecular formula is C29H28O7S2. The van der Waals surface area contributed by atoms with Gasteiger partial charge in [-0.1, -0.05) is 67.9 Å². The van der Waals surface area contributed by atoms with Crippen molar-refractivity contribution in [3.8, 4) is 11.5 Å². The van der Waals surface area contributed by atoms with E-state index in [4.69, 9.17) is 4.74 Å². The van der Waals surface area contributed by atoms with Crippen molar-refractivity contribution >= 4 is 27.0 Å². The van der Waals surface area contributed by atoms with E-state index in [2.05, 4.69) is 91.0 Å².